The van der Waals surface area contributed by atoms with Gasteiger partial charge in [-0.2, -0.15) is 0 Å². The summed E-state index contributed by atoms with van der Waals surface area (Å²) in [6.45, 7) is 6.99. The van der Waals surface area contributed by atoms with Crippen LogP contribution in [0.4, 0.5) is 5.69 Å². The molecule has 0 aromatic heterocycles. The monoisotopic (exact) mass is 306 g/mol. The molecule has 1 heterocycles. The van der Waals surface area contributed by atoms with E-state index in [0.29, 0.717) is 36.8 Å². The van der Waals surface area contributed by atoms with E-state index in [1.165, 1.54) is 11.8 Å². The molecule has 2 N–H and O–H groups in total. The summed E-state index contributed by atoms with van der Waals surface area (Å²) in [4.78, 5) is 24.3. The number of carbonyl (C=O) groups excluding carboxylic acids is 2. The largest absolute Gasteiger partial charge is 0.375 e. The lowest BCUT2D eigenvalue weighted by atomic mass is 10.2. The molecule has 0 aliphatic carbocycles. The van der Waals surface area contributed by atoms with E-state index < -0.39 is 0 Å². The van der Waals surface area contributed by atoms with Crippen LogP contribution in [0.2, 0.25) is 0 Å². The van der Waals surface area contributed by atoms with Crippen molar-refractivity contribution in [3.05, 3.63) is 35.9 Å². The number of hydrogen-bond donors (Lipinski definition) is 2. The third kappa shape index (κ3) is 4.61. The van der Waals surface area contributed by atoms with E-state index in [1.54, 1.807) is 12.1 Å². The van der Waals surface area contributed by atoms with Gasteiger partial charge in [0.1, 0.15) is 0 Å². The molecule has 1 aliphatic heterocycles. The van der Waals surface area contributed by atoms with Gasteiger partial charge in [0.2, 0.25) is 5.91 Å². The van der Waals surface area contributed by atoms with Crippen LogP contribution in [0.3, 0.4) is 0 Å². The van der Waals surface area contributed by atoms with E-state index >= 15 is 0 Å². The Hall–Kier alpha value is -1.79. The fourth-order valence-corrected chi connectivity index (χ4v) is 2.60. The van der Waals surface area contributed by atoms with Crippen molar-refractivity contribution >= 4 is 29.3 Å². The quantitative estimate of drug-likeness (QED) is 0.623. The molecule has 0 spiro atoms. The zero-order chi connectivity index (χ0) is 15.2. The summed E-state index contributed by atoms with van der Waals surface area (Å²) in [6, 6.07) is 5.31. The van der Waals surface area contributed by atoms with E-state index in [9.17, 15) is 9.59 Å². The Morgan fingerprint density at radius 3 is 3.10 bits per heavy atom. The molecule has 0 saturated heterocycles. The Morgan fingerprint density at radius 1 is 1.52 bits per heavy atom. The lowest BCUT2D eigenvalue weighted by molar-refractivity contribution is -0.113. The fourth-order valence-electron chi connectivity index (χ4n) is 1.81. The first kappa shape index (κ1) is 15.6. The highest BCUT2D eigenvalue weighted by atomic mass is 32.2. The van der Waals surface area contributed by atoms with Crippen molar-refractivity contribution in [3.63, 3.8) is 0 Å². The number of rotatable bonds is 6. The van der Waals surface area contributed by atoms with Gasteiger partial charge in [0.25, 0.3) is 5.91 Å². The Labute approximate surface area is 128 Å². The summed E-state index contributed by atoms with van der Waals surface area (Å²) < 4.78 is 5.31. The van der Waals surface area contributed by atoms with Gasteiger partial charge < -0.3 is 15.4 Å². The van der Waals surface area contributed by atoms with Gasteiger partial charge in [-0.25, -0.2) is 0 Å². The van der Waals surface area contributed by atoms with Crippen molar-refractivity contribution in [1.29, 1.82) is 0 Å². The van der Waals surface area contributed by atoms with Crippen molar-refractivity contribution in [2.45, 2.75) is 11.8 Å². The van der Waals surface area contributed by atoms with E-state index in [1.807, 2.05) is 13.0 Å². The van der Waals surface area contributed by atoms with Crippen LogP contribution in [-0.2, 0) is 9.53 Å². The number of thioether (sulfide) groups is 1. The molecule has 112 valence electrons. The number of benzene rings is 1. The zero-order valence-corrected chi connectivity index (χ0v) is 12.7. The second-order valence-electron chi connectivity index (χ2n) is 4.81. The fraction of sp³-hybridized carbons (Fsp3) is 0.333. The molecule has 0 saturated carbocycles. The highest BCUT2D eigenvalue weighted by molar-refractivity contribution is 8.00. The number of anilines is 1. The summed E-state index contributed by atoms with van der Waals surface area (Å²) in [5.74, 6) is 0.193. The number of fused-ring (bicyclic) bond motifs is 1. The van der Waals surface area contributed by atoms with Gasteiger partial charge in [-0.15, -0.1) is 11.8 Å². The van der Waals surface area contributed by atoms with E-state index in [-0.39, 0.29) is 11.8 Å². The summed E-state index contributed by atoms with van der Waals surface area (Å²) in [6.07, 6.45) is 0. The molecular formula is C15H18N2O3S. The minimum atomic E-state index is -0.179. The molecule has 2 amide bonds. The summed E-state index contributed by atoms with van der Waals surface area (Å²) in [5, 5.41) is 5.55. The van der Waals surface area contributed by atoms with Crippen molar-refractivity contribution < 1.29 is 14.3 Å². The van der Waals surface area contributed by atoms with Gasteiger partial charge >= 0.3 is 0 Å². The average Bonchev–Trinajstić information content (AvgIpc) is 2.45. The molecular weight excluding hydrogens is 288 g/mol. The van der Waals surface area contributed by atoms with Gasteiger partial charge in [-0.05, 0) is 25.1 Å². The number of hydrogen-bond acceptors (Lipinski definition) is 4. The summed E-state index contributed by atoms with van der Waals surface area (Å²) >= 11 is 1.47. The minimum absolute atomic E-state index is 0.0433. The van der Waals surface area contributed by atoms with Crippen LogP contribution in [0.1, 0.15) is 17.3 Å². The molecule has 21 heavy (non-hydrogen) atoms. The number of amides is 2. The Balaban J connectivity index is 1.86. The molecule has 0 radical (unpaired) electrons. The Bertz CT molecular complexity index is 572. The maximum absolute atomic E-state index is 12.0. The predicted octanol–water partition coefficient (Wildman–Crippen LogP) is 2.05. The van der Waals surface area contributed by atoms with E-state index in [2.05, 4.69) is 17.2 Å². The molecule has 0 unspecified atom stereocenters. The lowest BCUT2D eigenvalue weighted by Crippen LogP contribution is -2.28. The predicted molar refractivity (Wildman–Crippen MR) is 83.8 cm³/mol. The molecule has 0 atom stereocenters. The van der Waals surface area contributed by atoms with E-state index in [4.69, 9.17) is 4.74 Å². The smallest absolute Gasteiger partial charge is 0.251 e. The molecule has 1 aromatic rings. The zero-order valence-electron chi connectivity index (χ0n) is 11.9. The number of nitrogens with one attached hydrogen (secondary N) is 2. The average molecular weight is 306 g/mol. The first-order chi connectivity index (χ1) is 10.1. The van der Waals surface area contributed by atoms with Crippen LogP contribution in [0.5, 0.6) is 0 Å². The normalized spacial score (nSPS) is 13.3. The second-order valence-corrected chi connectivity index (χ2v) is 5.83. The van der Waals surface area contributed by atoms with Crippen LogP contribution in [0.15, 0.2) is 35.2 Å². The van der Waals surface area contributed by atoms with Crippen LogP contribution >= 0.6 is 11.8 Å². The molecule has 0 bridgehead atoms. The molecule has 5 nitrogen and oxygen atoms in total. The highest BCUT2D eigenvalue weighted by Crippen LogP contribution is 2.31. The van der Waals surface area contributed by atoms with Crippen molar-refractivity contribution in [2.75, 3.05) is 30.8 Å². The standard InChI is InChI=1S/C15H18N2O3S/c1-10(2)8-20-6-5-16-15(19)11-3-4-13-12(7-11)17-14(18)9-21-13/h3-4,7H,1,5-6,8-9H2,2H3,(H,16,19)(H,17,18). The van der Waals surface area contributed by atoms with E-state index in [0.717, 1.165) is 10.5 Å². The third-order valence-corrected chi connectivity index (χ3v) is 3.83. The second kappa shape index (κ2) is 7.28. The third-order valence-electron chi connectivity index (χ3n) is 2.76. The Morgan fingerprint density at radius 2 is 2.33 bits per heavy atom. The number of carbonyl (C=O) groups is 2. The summed E-state index contributed by atoms with van der Waals surface area (Å²) in [7, 11) is 0. The van der Waals surface area contributed by atoms with Gasteiger partial charge in [-0.1, -0.05) is 12.2 Å². The van der Waals surface area contributed by atoms with Crippen molar-refractivity contribution in [1.82, 2.24) is 5.32 Å². The van der Waals surface area contributed by atoms with Crippen LogP contribution in [-0.4, -0.2) is 37.3 Å². The SMILES string of the molecule is C=C(C)COCCNC(=O)c1ccc2c(c1)NC(=O)CS2. The summed E-state index contributed by atoms with van der Waals surface area (Å²) in [5.41, 5.74) is 2.17. The molecule has 1 aliphatic rings. The first-order valence-corrected chi connectivity index (χ1v) is 7.62. The Kier molecular flexibility index (Phi) is 5.41. The first-order valence-electron chi connectivity index (χ1n) is 6.63. The van der Waals surface area contributed by atoms with Gasteiger partial charge in [0.05, 0.1) is 24.7 Å². The maximum atomic E-state index is 12.0. The van der Waals surface area contributed by atoms with Crippen molar-refractivity contribution in [2.24, 2.45) is 0 Å². The van der Waals surface area contributed by atoms with Crippen molar-refractivity contribution in [3.8, 4) is 0 Å². The maximum Gasteiger partial charge on any atom is 0.251 e. The van der Waals surface area contributed by atoms with Crippen LogP contribution in [0, 0.1) is 0 Å². The van der Waals surface area contributed by atoms with Crippen LogP contribution in [0.25, 0.3) is 0 Å². The number of ether oxygens (including phenoxy) is 1. The molecule has 1 aromatic carbocycles. The van der Waals surface area contributed by atoms with Crippen LogP contribution < -0.4 is 10.6 Å². The lowest BCUT2D eigenvalue weighted by Gasteiger charge is -2.16. The molecule has 6 heteroatoms. The minimum Gasteiger partial charge on any atom is -0.375 e. The van der Waals surface area contributed by atoms with Gasteiger partial charge in [0, 0.05) is 17.0 Å². The van der Waals surface area contributed by atoms with Gasteiger partial charge in [0.15, 0.2) is 0 Å². The molecule has 2 rings (SSSR count). The highest BCUT2D eigenvalue weighted by Gasteiger charge is 2.17. The topological polar surface area (TPSA) is 67.4 Å². The van der Waals surface area contributed by atoms with Gasteiger partial charge in [-0.3, -0.25) is 9.59 Å². The molecule has 0 fully saturated rings.